The van der Waals surface area contributed by atoms with E-state index in [1.54, 1.807) is 0 Å². The summed E-state index contributed by atoms with van der Waals surface area (Å²) >= 11 is 5.94. The number of hydrogen-bond donors (Lipinski definition) is 3. The highest BCUT2D eigenvalue weighted by atomic mass is 35.5. The van der Waals surface area contributed by atoms with Gasteiger partial charge in [0.1, 0.15) is 0 Å². The highest BCUT2D eigenvalue weighted by Crippen LogP contribution is 2.20. The van der Waals surface area contributed by atoms with Crippen molar-refractivity contribution in [2.45, 2.75) is 45.3 Å². The van der Waals surface area contributed by atoms with Gasteiger partial charge in [-0.25, -0.2) is 0 Å². The molecule has 0 aliphatic heterocycles. The second-order valence-electron chi connectivity index (χ2n) is 5.43. The Morgan fingerprint density at radius 1 is 1.24 bits per heavy atom. The number of nitrogens with one attached hydrogen (secondary N) is 2. The molecule has 0 saturated carbocycles. The van der Waals surface area contributed by atoms with Gasteiger partial charge in [-0.3, -0.25) is 9.55 Å². The molecule has 0 heterocycles. The minimum absolute atomic E-state index is 0.239. The average molecular weight is 404 g/mol. The van der Waals surface area contributed by atoms with E-state index in [-0.39, 0.29) is 6.04 Å². The molecule has 0 fully saturated rings. The fourth-order valence-electron chi connectivity index (χ4n) is 1.34. The molecule has 0 bridgehead atoms. The standard InChI is InChI=1S/C13H20ClN3.CHF3O3S/c1-9(2)15-13(16-10(3)4)17-12-7-5-6-11(14)8-12;2-1(3,4)8(5,6)7/h5-10H,1-4H3,(H2,15,16,17);(H,5,6,7). The van der Waals surface area contributed by atoms with Gasteiger partial charge in [-0.15, -0.1) is 0 Å². The van der Waals surface area contributed by atoms with Crippen LogP contribution < -0.4 is 10.6 Å². The second-order valence-corrected chi connectivity index (χ2v) is 7.28. The molecule has 0 saturated heterocycles. The molecule has 11 heteroatoms. The second kappa shape index (κ2) is 9.83. The number of rotatable bonds is 3. The van der Waals surface area contributed by atoms with Gasteiger partial charge in [0.05, 0.1) is 0 Å². The first-order chi connectivity index (χ1) is 11.2. The van der Waals surface area contributed by atoms with Crippen LogP contribution in [0.1, 0.15) is 27.7 Å². The van der Waals surface area contributed by atoms with Crippen LogP contribution in [0.3, 0.4) is 0 Å². The van der Waals surface area contributed by atoms with Crippen LogP contribution in [0.15, 0.2) is 29.3 Å². The highest BCUT2D eigenvalue weighted by Gasteiger charge is 2.44. The topological polar surface area (TPSA) is 90.8 Å². The molecule has 1 aromatic rings. The van der Waals surface area contributed by atoms with Crippen molar-refractivity contribution in [3.05, 3.63) is 29.3 Å². The minimum Gasteiger partial charge on any atom is -0.354 e. The van der Waals surface area contributed by atoms with Crippen LogP contribution >= 0.6 is 11.6 Å². The maximum absolute atomic E-state index is 10.7. The summed E-state index contributed by atoms with van der Waals surface area (Å²) in [4.78, 5) is 4.49. The molecule has 0 aliphatic rings. The molecule has 1 rings (SSSR count). The van der Waals surface area contributed by atoms with Crippen molar-refractivity contribution in [1.29, 1.82) is 0 Å². The third kappa shape index (κ3) is 10.8. The van der Waals surface area contributed by atoms with E-state index in [1.807, 2.05) is 38.1 Å². The van der Waals surface area contributed by atoms with Crippen LogP contribution in [-0.2, 0) is 10.1 Å². The summed E-state index contributed by atoms with van der Waals surface area (Å²) < 4.78 is 57.5. The van der Waals surface area contributed by atoms with Gasteiger partial charge >= 0.3 is 15.6 Å². The Balaban J connectivity index is 0.000000609. The Labute approximate surface area is 150 Å². The fraction of sp³-hybridized carbons (Fsp3) is 0.500. The molecule has 0 atom stereocenters. The SMILES string of the molecule is CC(C)N=C(Nc1cccc(Cl)c1)NC(C)C.O=S(=O)(O)C(F)(F)F. The van der Waals surface area contributed by atoms with Crippen LogP contribution in [0, 0.1) is 0 Å². The number of halogens is 4. The van der Waals surface area contributed by atoms with Gasteiger partial charge in [0.15, 0.2) is 5.96 Å². The molecule has 0 radical (unpaired) electrons. The van der Waals surface area contributed by atoms with Gasteiger partial charge in [0, 0.05) is 22.8 Å². The quantitative estimate of drug-likeness (QED) is 0.308. The van der Waals surface area contributed by atoms with Crippen molar-refractivity contribution in [2.75, 3.05) is 5.32 Å². The van der Waals surface area contributed by atoms with Gasteiger partial charge in [-0.1, -0.05) is 17.7 Å². The van der Waals surface area contributed by atoms with Crippen LogP contribution in [0.4, 0.5) is 18.9 Å². The van der Waals surface area contributed by atoms with E-state index in [1.165, 1.54) is 0 Å². The summed E-state index contributed by atoms with van der Waals surface area (Å²) in [6.45, 7) is 8.24. The minimum atomic E-state index is -5.84. The molecular formula is C14H21ClF3N3O3S. The number of hydrogen-bond acceptors (Lipinski definition) is 3. The summed E-state index contributed by atoms with van der Waals surface area (Å²) in [5.41, 5.74) is -4.60. The highest BCUT2D eigenvalue weighted by molar-refractivity contribution is 7.86. The van der Waals surface area contributed by atoms with Gasteiger partial charge in [0.2, 0.25) is 0 Å². The van der Waals surface area contributed by atoms with Gasteiger partial charge < -0.3 is 10.6 Å². The summed E-state index contributed by atoms with van der Waals surface area (Å²) in [7, 11) is -5.84. The van der Waals surface area contributed by atoms with Crippen molar-refractivity contribution < 1.29 is 26.1 Å². The molecule has 0 aromatic heterocycles. The Morgan fingerprint density at radius 2 is 1.76 bits per heavy atom. The van der Waals surface area contributed by atoms with Crippen molar-refractivity contribution in [3.8, 4) is 0 Å². The molecule has 0 spiro atoms. The number of aliphatic imine (C=N–C) groups is 1. The summed E-state index contributed by atoms with van der Waals surface area (Å²) in [6, 6.07) is 8.17. The van der Waals surface area contributed by atoms with Crippen molar-refractivity contribution in [2.24, 2.45) is 4.99 Å². The van der Waals surface area contributed by atoms with Crippen LogP contribution in [0.25, 0.3) is 0 Å². The Kier molecular flexibility index (Phi) is 9.23. The molecule has 25 heavy (non-hydrogen) atoms. The molecule has 0 aliphatic carbocycles. The van der Waals surface area contributed by atoms with Crippen molar-refractivity contribution >= 4 is 33.4 Å². The van der Waals surface area contributed by atoms with E-state index in [9.17, 15) is 13.2 Å². The lowest BCUT2D eigenvalue weighted by molar-refractivity contribution is -0.0510. The van der Waals surface area contributed by atoms with Crippen LogP contribution in [0.5, 0.6) is 0 Å². The van der Waals surface area contributed by atoms with Gasteiger partial charge in [-0.05, 0) is 45.9 Å². The van der Waals surface area contributed by atoms with Crippen molar-refractivity contribution in [1.82, 2.24) is 5.32 Å². The predicted octanol–water partition coefficient (Wildman–Crippen LogP) is 3.91. The number of anilines is 1. The number of alkyl halides is 3. The first-order valence-corrected chi connectivity index (χ1v) is 8.95. The monoisotopic (exact) mass is 403 g/mol. The van der Waals surface area contributed by atoms with Crippen LogP contribution in [-0.4, -0.2) is 36.5 Å². The third-order valence-electron chi connectivity index (χ3n) is 2.19. The van der Waals surface area contributed by atoms with Crippen LogP contribution in [0.2, 0.25) is 5.02 Å². The predicted molar refractivity (Wildman–Crippen MR) is 93.5 cm³/mol. The fourth-order valence-corrected chi connectivity index (χ4v) is 1.53. The normalized spacial score (nSPS) is 12.7. The first-order valence-electron chi connectivity index (χ1n) is 7.13. The van der Waals surface area contributed by atoms with Gasteiger partial charge in [-0.2, -0.15) is 21.6 Å². The maximum atomic E-state index is 10.7. The lowest BCUT2D eigenvalue weighted by Gasteiger charge is -2.16. The summed E-state index contributed by atoms with van der Waals surface area (Å²) in [5, 5.41) is 7.22. The summed E-state index contributed by atoms with van der Waals surface area (Å²) in [6.07, 6.45) is 0. The zero-order valence-corrected chi connectivity index (χ0v) is 15.7. The smallest absolute Gasteiger partial charge is 0.354 e. The Bertz CT molecular complexity index is 677. The van der Waals surface area contributed by atoms with E-state index in [0.29, 0.717) is 11.1 Å². The molecule has 0 unspecified atom stereocenters. The first kappa shape index (κ1) is 23.5. The maximum Gasteiger partial charge on any atom is 0.522 e. The summed E-state index contributed by atoms with van der Waals surface area (Å²) in [5.74, 6) is 0.775. The number of nitrogens with zero attached hydrogens (tertiary/aromatic N) is 1. The molecule has 3 N–H and O–H groups in total. The number of benzene rings is 1. The largest absolute Gasteiger partial charge is 0.522 e. The Hall–Kier alpha value is -1.52. The zero-order valence-electron chi connectivity index (χ0n) is 14.1. The lowest BCUT2D eigenvalue weighted by atomic mass is 10.3. The third-order valence-corrected chi connectivity index (χ3v) is 3.01. The van der Waals surface area contributed by atoms with E-state index >= 15 is 0 Å². The van der Waals surface area contributed by atoms with E-state index in [2.05, 4.69) is 29.5 Å². The molecule has 144 valence electrons. The van der Waals surface area contributed by atoms with E-state index in [4.69, 9.17) is 24.6 Å². The van der Waals surface area contributed by atoms with Crippen molar-refractivity contribution in [3.63, 3.8) is 0 Å². The lowest BCUT2D eigenvalue weighted by Crippen LogP contribution is -2.36. The Morgan fingerprint density at radius 3 is 2.12 bits per heavy atom. The van der Waals surface area contributed by atoms with E-state index < -0.39 is 15.6 Å². The molecule has 0 amide bonds. The molecule has 1 aromatic carbocycles. The van der Waals surface area contributed by atoms with Gasteiger partial charge in [0.25, 0.3) is 0 Å². The average Bonchev–Trinajstić information content (AvgIpc) is 2.35. The zero-order chi connectivity index (χ0) is 19.8. The molecule has 6 nitrogen and oxygen atoms in total. The molecular weight excluding hydrogens is 383 g/mol. The number of guanidine groups is 1. The van der Waals surface area contributed by atoms with E-state index in [0.717, 1.165) is 11.6 Å².